The van der Waals surface area contributed by atoms with Gasteiger partial charge in [0.05, 0.1) is 22.6 Å². The first-order valence-electron chi connectivity index (χ1n) is 9.03. The van der Waals surface area contributed by atoms with E-state index in [2.05, 4.69) is 15.3 Å². The monoisotopic (exact) mass is 404 g/mol. The Bertz CT molecular complexity index is 1240. The Labute approximate surface area is 171 Å². The van der Waals surface area contributed by atoms with E-state index in [0.717, 1.165) is 0 Å². The summed E-state index contributed by atoms with van der Waals surface area (Å²) in [6.45, 7) is 1.82. The maximum absolute atomic E-state index is 13.4. The highest BCUT2D eigenvalue weighted by Crippen LogP contribution is 2.25. The van der Waals surface area contributed by atoms with E-state index < -0.39 is 6.04 Å². The summed E-state index contributed by atoms with van der Waals surface area (Å²) in [6.07, 6.45) is 4.35. The SMILES string of the molecule is C[C@H](NC(=O)c1cnccn1)c1cc2cccc(Cl)c2c(=O)n1-c1ccccc1. The van der Waals surface area contributed by atoms with E-state index in [9.17, 15) is 9.59 Å². The highest BCUT2D eigenvalue weighted by atomic mass is 35.5. The van der Waals surface area contributed by atoms with Gasteiger partial charge in [0.15, 0.2) is 0 Å². The smallest absolute Gasteiger partial charge is 0.272 e. The van der Waals surface area contributed by atoms with Crippen molar-refractivity contribution in [2.24, 2.45) is 0 Å². The number of para-hydroxylation sites is 1. The van der Waals surface area contributed by atoms with Crippen LogP contribution in [0, 0.1) is 0 Å². The highest BCUT2D eigenvalue weighted by molar-refractivity contribution is 6.35. The van der Waals surface area contributed by atoms with Gasteiger partial charge >= 0.3 is 0 Å². The minimum Gasteiger partial charge on any atom is -0.343 e. The van der Waals surface area contributed by atoms with Crippen LogP contribution < -0.4 is 10.9 Å². The molecule has 29 heavy (non-hydrogen) atoms. The van der Waals surface area contributed by atoms with Crippen LogP contribution in [0.1, 0.15) is 29.1 Å². The van der Waals surface area contributed by atoms with E-state index in [4.69, 9.17) is 11.6 Å². The Balaban J connectivity index is 1.86. The predicted molar refractivity (Wildman–Crippen MR) is 112 cm³/mol. The fourth-order valence-electron chi connectivity index (χ4n) is 3.26. The van der Waals surface area contributed by atoms with Gasteiger partial charge < -0.3 is 5.32 Å². The molecule has 4 rings (SSSR count). The number of carbonyl (C=O) groups is 1. The lowest BCUT2D eigenvalue weighted by atomic mass is 10.1. The Morgan fingerprint density at radius 2 is 1.90 bits per heavy atom. The summed E-state index contributed by atoms with van der Waals surface area (Å²) in [5.41, 5.74) is 1.29. The molecule has 2 aromatic carbocycles. The van der Waals surface area contributed by atoms with Crippen molar-refractivity contribution in [1.82, 2.24) is 19.9 Å². The van der Waals surface area contributed by atoms with Gasteiger partial charge in [-0.2, -0.15) is 0 Å². The summed E-state index contributed by atoms with van der Waals surface area (Å²) in [5.74, 6) is -0.371. The Hall–Kier alpha value is -3.51. The van der Waals surface area contributed by atoms with Gasteiger partial charge in [-0.3, -0.25) is 19.1 Å². The van der Waals surface area contributed by atoms with Gasteiger partial charge in [-0.25, -0.2) is 4.98 Å². The van der Waals surface area contributed by atoms with Crippen LogP contribution in [0.15, 0.2) is 78.0 Å². The molecule has 4 aromatic rings. The summed E-state index contributed by atoms with van der Waals surface area (Å²) >= 11 is 6.32. The molecule has 1 amide bonds. The van der Waals surface area contributed by atoms with Crippen molar-refractivity contribution in [3.63, 3.8) is 0 Å². The molecule has 2 aromatic heterocycles. The highest BCUT2D eigenvalue weighted by Gasteiger charge is 2.20. The van der Waals surface area contributed by atoms with Crippen LogP contribution >= 0.6 is 11.6 Å². The minimum atomic E-state index is -0.471. The number of nitrogens with zero attached hydrogens (tertiary/aromatic N) is 3. The van der Waals surface area contributed by atoms with Crippen molar-refractivity contribution in [3.8, 4) is 5.69 Å². The molecular formula is C22H17ClN4O2. The van der Waals surface area contributed by atoms with Gasteiger partial charge in [0.1, 0.15) is 5.69 Å². The van der Waals surface area contributed by atoms with Gasteiger partial charge in [0.25, 0.3) is 11.5 Å². The topological polar surface area (TPSA) is 76.9 Å². The molecule has 0 fully saturated rings. The lowest BCUT2D eigenvalue weighted by Gasteiger charge is -2.21. The maximum atomic E-state index is 13.4. The summed E-state index contributed by atoms with van der Waals surface area (Å²) < 4.78 is 1.58. The molecule has 0 saturated carbocycles. The Kier molecular flexibility index (Phi) is 5.10. The average molecular weight is 405 g/mol. The number of carbonyl (C=O) groups excluding carboxylic acids is 1. The Morgan fingerprint density at radius 1 is 1.10 bits per heavy atom. The van der Waals surface area contributed by atoms with Gasteiger partial charge in [-0.05, 0) is 36.6 Å². The number of halogens is 1. The zero-order valence-electron chi connectivity index (χ0n) is 15.5. The van der Waals surface area contributed by atoms with E-state index in [1.807, 2.05) is 49.4 Å². The number of hydrogen-bond donors (Lipinski definition) is 1. The van der Waals surface area contributed by atoms with Crippen molar-refractivity contribution in [2.75, 3.05) is 0 Å². The molecule has 1 N–H and O–H groups in total. The number of rotatable bonds is 4. The van der Waals surface area contributed by atoms with Crippen LogP contribution in [0.3, 0.4) is 0 Å². The second-order valence-corrected chi connectivity index (χ2v) is 6.94. The molecule has 2 heterocycles. The first-order valence-corrected chi connectivity index (χ1v) is 9.40. The van der Waals surface area contributed by atoms with E-state index in [1.54, 1.807) is 16.7 Å². The molecule has 0 aliphatic heterocycles. The minimum absolute atomic E-state index is 0.205. The lowest BCUT2D eigenvalue weighted by Crippen LogP contribution is -2.32. The zero-order valence-corrected chi connectivity index (χ0v) is 16.3. The molecule has 6 nitrogen and oxygen atoms in total. The van der Waals surface area contributed by atoms with Gasteiger partial charge in [0, 0.05) is 23.8 Å². The second kappa shape index (κ2) is 7.85. The van der Waals surface area contributed by atoms with Crippen molar-refractivity contribution in [1.29, 1.82) is 0 Å². The van der Waals surface area contributed by atoms with Crippen molar-refractivity contribution < 1.29 is 4.79 Å². The van der Waals surface area contributed by atoms with Crippen LogP contribution in [-0.2, 0) is 0 Å². The molecule has 1 atom stereocenters. The van der Waals surface area contributed by atoms with E-state index >= 15 is 0 Å². The molecule has 0 aliphatic rings. The third-order valence-corrected chi connectivity index (χ3v) is 4.94. The normalized spacial score (nSPS) is 11.9. The van der Waals surface area contributed by atoms with Crippen LogP contribution in [0.25, 0.3) is 16.5 Å². The molecule has 0 unspecified atom stereocenters. The number of amides is 1. The fourth-order valence-corrected chi connectivity index (χ4v) is 3.53. The number of pyridine rings is 1. The third-order valence-electron chi connectivity index (χ3n) is 4.63. The van der Waals surface area contributed by atoms with Gasteiger partial charge in [-0.15, -0.1) is 0 Å². The van der Waals surface area contributed by atoms with Crippen molar-refractivity contribution in [2.45, 2.75) is 13.0 Å². The molecule has 144 valence electrons. The summed E-state index contributed by atoms with van der Waals surface area (Å²) in [5, 5.41) is 4.44. The molecule has 0 aliphatic carbocycles. The molecule has 0 spiro atoms. The maximum Gasteiger partial charge on any atom is 0.272 e. The quantitative estimate of drug-likeness (QED) is 0.559. The Morgan fingerprint density at radius 3 is 2.62 bits per heavy atom. The number of hydrogen-bond acceptors (Lipinski definition) is 4. The largest absolute Gasteiger partial charge is 0.343 e. The van der Waals surface area contributed by atoms with Crippen molar-refractivity contribution >= 4 is 28.3 Å². The van der Waals surface area contributed by atoms with Crippen LogP contribution in [-0.4, -0.2) is 20.4 Å². The van der Waals surface area contributed by atoms with Gasteiger partial charge in [-0.1, -0.05) is 41.9 Å². The van der Waals surface area contributed by atoms with E-state index in [-0.39, 0.29) is 17.2 Å². The van der Waals surface area contributed by atoms with Crippen molar-refractivity contribution in [3.05, 3.63) is 100.0 Å². The fraction of sp³-hybridized carbons (Fsp3) is 0.0909. The lowest BCUT2D eigenvalue weighted by molar-refractivity contribution is 0.0933. The van der Waals surface area contributed by atoms with Crippen LogP contribution in [0.5, 0.6) is 0 Å². The third kappa shape index (κ3) is 3.62. The molecule has 7 heteroatoms. The van der Waals surface area contributed by atoms with E-state index in [1.165, 1.54) is 18.6 Å². The summed E-state index contributed by atoms with van der Waals surface area (Å²) in [6, 6.07) is 16.0. The average Bonchev–Trinajstić information content (AvgIpc) is 2.74. The standard InChI is InChI=1S/C22H17ClN4O2/c1-14(26-21(28)18-13-24-10-11-25-18)19-12-15-6-5-9-17(23)20(15)22(29)27(19)16-7-3-2-4-8-16/h2-14H,1H3,(H,26,28)/t14-/m0/s1. The number of benzene rings is 2. The van der Waals surface area contributed by atoms with Gasteiger partial charge in [0.2, 0.25) is 0 Å². The first kappa shape index (κ1) is 18.8. The van der Waals surface area contributed by atoms with E-state index in [0.29, 0.717) is 27.2 Å². The summed E-state index contributed by atoms with van der Waals surface area (Å²) in [4.78, 5) is 33.9. The molecule has 0 radical (unpaired) electrons. The zero-order chi connectivity index (χ0) is 20.4. The van der Waals surface area contributed by atoms with Crippen LogP contribution in [0.4, 0.5) is 0 Å². The number of fused-ring (bicyclic) bond motifs is 1. The molecular weight excluding hydrogens is 388 g/mol. The molecule has 0 bridgehead atoms. The number of aromatic nitrogens is 3. The molecule has 0 saturated heterocycles. The van der Waals surface area contributed by atoms with Crippen LogP contribution in [0.2, 0.25) is 5.02 Å². The number of nitrogens with one attached hydrogen (secondary N) is 1. The second-order valence-electron chi connectivity index (χ2n) is 6.54. The predicted octanol–water partition coefficient (Wildman–Crippen LogP) is 3.93. The summed E-state index contributed by atoms with van der Waals surface area (Å²) in [7, 11) is 0. The first-order chi connectivity index (χ1) is 14.1.